The van der Waals surface area contributed by atoms with Crippen LogP contribution in [0.5, 0.6) is 0 Å². The Hall–Kier alpha value is -2.02. The molecule has 4 nitrogen and oxygen atoms in total. The lowest BCUT2D eigenvalue weighted by molar-refractivity contribution is 0.318. The largest absolute Gasteiger partial charge is 0.398 e. The average molecular weight is 376 g/mol. The number of hydrogen-bond acceptors (Lipinski definition) is 6. The van der Waals surface area contributed by atoms with Gasteiger partial charge in [0.05, 0.1) is 5.03 Å². The standard InChI is InChI=1S/C17H19N3S2.C2H6O/c1-12(10-11-21-15-8-4-2-6-13(15)18)17(20)22-16-9-5-3-7-14(16)19;1-2-3/h2-11H,18-20H2,1H3;3H,2H2,1H3/b11-10+,17-12+;. The highest BCUT2D eigenvalue weighted by atomic mass is 32.2. The van der Waals surface area contributed by atoms with Gasteiger partial charge in [0.15, 0.2) is 0 Å². The molecule has 0 amide bonds. The SMILES string of the molecule is CC(/C=C/Sc1ccccc1N)=C(/N)Sc1ccccc1N.CCO. The quantitative estimate of drug-likeness (QED) is 0.350. The molecule has 0 radical (unpaired) electrons. The van der Waals surface area contributed by atoms with Crippen LogP contribution >= 0.6 is 23.5 Å². The molecule has 0 heterocycles. The molecule has 0 bridgehead atoms. The number of aliphatic hydroxyl groups excluding tert-OH is 1. The van der Waals surface area contributed by atoms with Gasteiger partial charge >= 0.3 is 0 Å². The number of benzene rings is 2. The first-order chi connectivity index (χ1) is 12.0. The van der Waals surface area contributed by atoms with Gasteiger partial charge in [0.2, 0.25) is 0 Å². The van der Waals surface area contributed by atoms with Crippen molar-refractivity contribution in [3.05, 3.63) is 70.6 Å². The average Bonchev–Trinajstić information content (AvgIpc) is 2.59. The van der Waals surface area contributed by atoms with Crippen LogP contribution in [0.1, 0.15) is 13.8 Å². The summed E-state index contributed by atoms with van der Waals surface area (Å²) in [4.78, 5) is 2.00. The van der Waals surface area contributed by atoms with E-state index in [-0.39, 0.29) is 6.61 Å². The second-order valence-corrected chi connectivity index (χ2v) is 6.99. The molecule has 0 saturated carbocycles. The fourth-order valence-electron chi connectivity index (χ4n) is 1.65. The minimum absolute atomic E-state index is 0.250. The minimum Gasteiger partial charge on any atom is -0.398 e. The third kappa shape index (κ3) is 7.60. The van der Waals surface area contributed by atoms with Gasteiger partial charge in [0.1, 0.15) is 0 Å². The summed E-state index contributed by atoms with van der Waals surface area (Å²) in [6, 6.07) is 15.5. The van der Waals surface area contributed by atoms with Crippen molar-refractivity contribution in [2.75, 3.05) is 18.1 Å². The second-order valence-electron chi connectivity index (χ2n) is 4.96. The van der Waals surface area contributed by atoms with Crippen LogP contribution in [-0.4, -0.2) is 11.7 Å². The lowest BCUT2D eigenvalue weighted by Gasteiger charge is -2.07. The fraction of sp³-hybridized carbons (Fsp3) is 0.158. The Balaban J connectivity index is 0.000000970. The molecule has 0 fully saturated rings. The van der Waals surface area contributed by atoms with Gasteiger partial charge in [-0.3, -0.25) is 0 Å². The Morgan fingerprint density at radius 1 is 1.00 bits per heavy atom. The van der Waals surface area contributed by atoms with Crippen molar-refractivity contribution in [2.24, 2.45) is 5.73 Å². The smallest absolute Gasteiger partial charge is 0.0734 e. The van der Waals surface area contributed by atoms with Crippen LogP contribution in [0.25, 0.3) is 0 Å². The lowest BCUT2D eigenvalue weighted by Crippen LogP contribution is -1.96. The topological polar surface area (TPSA) is 98.3 Å². The first-order valence-corrected chi connectivity index (χ1v) is 9.46. The van der Waals surface area contributed by atoms with Crippen LogP contribution < -0.4 is 17.2 Å². The summed E-state index contributed by atoms with van der Waals surface area (Å²) >= 11 is 3.05. The van der Waals surface area contributed by atoms with Crippen molar-refractivity contribution < 1.29 is 5.11 Å². The van der Waals surface area contributed by atoms with E-state index in [1.165, 1.54) is 11.8 Å². The van der Waals surface area contributed by atoms with Gasteiger partial charge in [-0.2, -0.15) is 0 Å². The van der Waals surface area contributed by atoms with Crippen molar-refractivity contribution in [2.45, 2.75) is 23.6 Å². The molecule has 0 unspecified atom stereocenters. The molecule has 6 heteroatoms. The molecular weight excluding hydrogens is 350 g/mol. The number of aliphatic hydroxyl groups is 1. The highest BCUT2D eigenvalue weighted by Gasteiger charge is 2.02. The van der Waals surface area contributed by atoms with Crippen LogP contribution in [0.2, 0.25) is 0 Å². The first kappa shape index (κ1) is 21.0. The number of anilines is 2. The summed E-state index contributed by atoms with van der Waals surface area (Å²) in [5.41, 5.74) is 20.5. The van der Waals surface area contributed by atoms with Gasteiger partial charge in [0, 0.05) is 27.8 Å². The Morgan fingerprint density at radius 2 is 1.48 bits per heavy atom. The molecule has 0 aliphatic carbocycles. The second kappa shape index (κ2) is 11.5. The zero-order valence-electron chi connectivity index (χ0n) is 14.5. The Morgan fingerprint density at radius 3 is 2.00 bits per heavy atom. The molecule has 2 rings (SSSR count). The van der Waals surface area contributed by atoms with E-state index in [0.717, 1.165) is 31.8 Å². The van der Waals surface area contributed by atoms with Crippen molar-refractivity contribution in [3.63, 3.8) is 0 Å². The van der Waals surface area contributed by atoms with E-state index in [1.807, 2.05) is 66.9 Å². The summed E-state index contributed by atoms with van der Waals surface area (Å²) in [5, 5.41) is 10.3. The van der Waals surface area contributed by atoms with Crippen molar-refractivity contribution in [1.82, 2.24) is 0 Å². The number of nitrogens with two attached hydrogens (primary N) is 3. The summed E-state index contributed by atoms with van der Waals surface area (Å²) < 4.78 is 0. The van der Waals surface area contributed by atoms with Crippen LogP contribution in [0.15, 0.2) is 80.4 Å². The van der Waals surface area contributed by atoms with E-state index in [2.05, 4.69) is 0 Å². The maximum atomic E-state index is 7.57. The normalized spacial score (nSPS) is 11.6. The predicted molar refractivity (Wildman–Crippen MR) is 112 cm³/mol. The Labute approximate surface area is 158 Å². The molecule has 0 aliphatic rings. The Kier molecular flexibility index (Phi) is 9.69. The zero-order valence-corrected chi connectivity index (χ0v) is 16.1. The maximum absolute atomic E-state index is 7.57. The van der Waals surface area contributed by atoms with Crippen LogP contribution in [-0.2, 0) is 0 Å². The number of allylic oxidation sites excluding steroid dienone is 2. The lowest BCUT2D eigenvalue weighted by atomic mass is 10.3. The number of para-hydroxylation sites is 2. The predicted octanol–water partition coefficient (Wildman–Crippen LogP) is 4.44. The van der Waals surface area contributed by atoms with Crippen molar-refractivity contribution in [3.8, 4) is 0 Å². The first-order valence-electron chi connectivity index (χ1n) is 7.76. The Bertz CT molecular complexity index is 730. The highest BCUT2D eigenvalue weighted by molar-refractivity contribution is 8.03. The van der Waals surface area contributed by atoms with Gasteiger partial charge in [-0.05, 0) is 49.1 Å². The van der Waals surface area contributed by atoms with Gasteiger partial charge in [0.25, 0.3) is 0 Å². The molecule has 0 saturated heterocycles. The van der Waals surface area contributed by atoms with E-state index < -0.39 is 0 Å². The summed E-state index contributed by atoms with van der Waals surface area (Å²) in [6.07, 6.45) is 1.98. The summed E-state index contributed by atoms with van der Waals surface area (Å²) in [5.74, 6) is 0. The molecule has 2 aromatic carbocycles. The molecular formula is C19H25N3OS2. The number of thioether (sulfide) groups is 2. The van der Waals surface area contributed by atoms with E-state index in [0.29, 0.717) is 0 Å². The van der Waals surface area contributed by atoms with Crippen molar-refractivity contribution >= 4 is 34.9 Å². The number of rotatable bonds is 5. The third-order valence-electron chi connectivity index (χ3n) is 2.96. The number of nitrogen functional groups attached to an aromatic ring is 2. The van der Waals surface area contributed by atoms with Gasteiger partial charge in [-0.1, -0.05) is 53.9 Å². The van der Waals surface area contributed by atoms with E-state index >= 15 is 0 Å². The molecule has 0 atom stereocenters. The van der Waals surface area contributed by atoms with Crippen LogP contribution in [0.4, 0.5) is 11.4 Å². The highest BCUT2D eigenvalue weighted by Crippen LogP contribution is 2.31. The molecule has 2 aromatic rings. The molecule has 134 valence electrons. The van der Waals surface area contributed by atoms with Gasteiger partial charge in [-0.15, -0.1) is 0 Å². The van der Waals surface area contributed by atoms with Crippen LogP contribution in [0.3, 0.4) is 0 Å². The van der Waals surface area contributed by atoms with Crippen molar-refractivity contribution in [1.29, 1.82) is 0 Å². The zero-order chi connectivity index (χ0) is 18.7. The third-order valence-corrected chi connectivity index (χ3v) is 4.99. The van der Waals surface area contributed by atoms with Crippen LogP contribution in [0, 0.1) is 0 Å². The van der Waals surface area contributed by atoms with Gasteiger partial charge in [-0.25, -0.2) is 0 Å². The van der Waals surface area contributed by atoms with Gasteiger partial charge < -0.3 is 22.3 Å². The monoisotopic (exact) mass is 375 g/mol. The summed E-state index contributed by atoms with van der Waals surface area (Å²) in [7, 11) is 0. The van der Waals surface area contributed by atoms with E-state index in [1.54, 1.807) is 18.7 Å². The molecule has 7 N–H and O–H groups in total. The molecule has 25 heavy (non-hydrogen) atoms. The molecule has 0 spiro atoms. The molecule has 0 aliphatic heterocycles. The minimum atomic E-state index is 0.250. The maximum Gasteiger partial charge on any atom is 0.0734 e. The number of hydrogen-bond donors (Lipinski definition) is 4. The van der Waals surface area contributed by atoms with E-state index in [4.69, 9.17) is 22.3 Å². The summed E-state index contributed by atoms with van der Waals surface area (Å²) in [6.45, 7) is 3.91. The molecule has 0 aromatic heterocycles. The fourth-order valence-corrected chi connectivity index (χ4v) is 3.23. The van der Waals surface area contributed by atoms with E-state index in [9.17, 15) is 0 Å².